The van der Waals surface area contributed by atoms with Gasteiger partial charge >= 0.3 is 0 Å². The fraction of sp³-hybridized carbons (Fsp3) is 0.733. The summed E-state index contributed by atoms with van der Waals surface area (Å²) in [4.78, 5) is 24.0. The molecule has 0 aromatic rings. The van der Waals surface area contributed by atoms with Gasteiger partial charge in [-0.15, -0.1) is 0 Å². The van der Waals surface area contributed by atoms with Gasteiger partial charge in [-0.05, 0) is 49.4 Å². The molecule has 0 aromatic heterocycles. The van der Waals surface area contributed by atoms with Crippen LogP contribution in [0.2, 0.25) is 0 Å². The lowest BCUT2D eigenvalue weighted by molar-refractivity contribution is -0.123. The molecule has 2 nitrogen and oxygen atoms in total. The second-order valence-corrected chi connectivity index (χ2v) is 6.73. The summed E-state index contributed by atoms with van der Waals surface area (Å²) < 4.78 is 0. The van der Waals surface area contributed by atoms with Crippen LogP contribution in [0.25, 0.3) is 0 Å². The zero-order valence-electron chi connectivity index (χ0n) is 9.82. The molecule has 0 unspecified atom stereocenters. The van der Waals surface area contributed by atoms with Crippen LogP contribution in [0.3, 0.4) is 0 Å². The highest BCUT2D eigenvalue weighted by Gasteiger charge is 2.64. The van der Waals surface area contributed by atoms with E-state index < -0.39 is 0 Å². The molecule has 3 fully saturated rings. The molecule has 0 amide bonds. The predicted octanol–water partition coefficient (Wildman–Crippen LogP) is 2.14. The van der Waals surface area contributed by atoms with Gasteiger partial charge in [-0.2, -0.15) is 0 Å². The average Bonchev–Trinajstić information content (AvgIpc) is 3.03. The molecule has 0 N–H and O–H groups in total. The van der Waals surface area contributed by atoms with Crippen molar-refractivity contribution in [3.8, 4) is 0 Å². The number of allylic oxidation sites excluding steroid dienone is 2. The number of carbonyl (C=O) groups is 2. The summed E-state index contributed by atoms with van der Waals surface area (Å²) in [7, 11) is 0. The molecule has 6 atom stereocenters. The van der Waals surface area contributed by atoms with Crippen molar-refractivity contribution in [1.82, 2.24) is 0 Å². The Labute approximate surface area is 100 Å². The van der Waals surface area contributed by atoms with Crippen molar-refractivity contribution in [3.05, 3.63) is 11.1 Å². The molecule has 0 saturated heterocycles. The molecule has 88 valence electrons. The fourth-order valence-electron chi connectivity index (χ4n) is 6.02. The van der Waals surface area contributed by atoms with Crippen molar-refractivity contribution >= 4 is 11.6 Å². The maximum atomic E-state index is 12.0. The highest BCUT2D eigenvalue weighted by Crippen LogP contribution is 2.68. The summed E-state index contributed by atoms with van der Waals surface area (Å²) in [5.74, 6) is 3.35. The lowest BCUT2D eigenvalue weighted by atomic mass is 9.72. The van der Waals surface area contributed by atoms with Crippen LogP contribution in [-0.4, -0.2) is 11.6 Å². The van der Waals surface area contributed by atoms with Crippen molar-refractivity contribution in [2.75, 3.05) is 0 Å². The molecule has 5 aliphatic carbocycles. The van der Waals surface area contributed by atoms with E-state index in [-0.39, 0.29) is 29.8 Å². The van der Waals surface area contributed by atoms with Crippen molar-refractivity contribution in [2.45, 2.75) is 32.1 Å². The van der Waals surface area contributed by atoms with E-state index in [0.29, 0.717) is 11.8 Å². The van der Waals surface area contributed by atoms with Crippen LogP contribution in [0.5, 0.6) is 0 Å². The molecule has 2 heteroatoms. The first-order chi connectivity index (χ1) is 8.25. The molecule has 3 saturated carbocycles. The van der Waals surface area contributed by atoms with E-state index in [9.17, 15) is 9.59 Å². The van der Waals surface area contributed by atoms with Crippen LogP contribution in [0.1, 0.15) is 32.1 Å². The van der Waals surface area contributed by atoms with Gasteiger partial charge in [0.05, 0.1) is 6.42 Å². The van der Waals surface area contributed by atoms with E-state index in [1.54, 1.807) is 11.1 Å². The van der Waals surface area contributed by atoms with Gasteiger partial charge in [0.15, 0.2) is 0 Å². The fourth-order valence-corrected chi connectivity index (χ4v) is 6.02. The third-order valence-corrected chi connectivity index (χ3v) is 6.30. The first kappa shape index (κ1) is 9.07. The van der Waals surface area contributed by atoms with Gasteiger partial charge in [-0.25, -0.2) is 0 Å². The SMILES string of the molecule is O=C1CC(=O)[C@H]2[C@H]1[C@H]1C[C@H]2C2=C1[C@@H]1CC[C@H]2C1. The Hall–Kier alpha value is -0.920. The molecule has 5 aliphatic rings. The monoisotopic (exact) mass is 228 g/mol. The van der Waals surface area contributed by atoms with E-state index in [0.717, 1.165) is 18.3 Å². The standard InChI is InChI=1S/C15H16O2/c16-10-5-11(17)15-9-4-8(14(10)15)12-6-1-2-7(3-6)13(9)12/h6-9,14-15H,1-5H2/t6-,7+,8-,9-,14-,15-/m0/s1. The van der Waals surface area contributed by atoms with Crippen molar-refractivity contribution in [2.24, 2.45) is 35.5 Å². The number of rotatable bonds is 0. The lowest BCUT2D eigenvalue weighted by Gasteiger charge is -2.30. The first-order valence-corrected chi connectivity index (χ1v) is 7.05. The number of ketones is 2. The summed E-state index contributed by atoms with van der Waals surface area (Å²) in [6.07, 6.45) is 5.45. The van der Waals surface area contributed by atoms with E-state index in [2.05, 4.69) is 0 Å². The third-order valence-electron chi connectivity index (χ3n) is 6.30. The molecule has 17 heavy (non-hydrogen) atoms. The van der Waals surface area contributed by atoms with Crippen LogP contribution in [0.4, 0.5) is 0 Å². The van der Waals surface area contributed by atoms with Crippen LogP contribution in [0.15, 0.2) is 11.1 Å². The van der Waals surface area contributed by atoms with Crippen LogP contribution < -0.4 is 0 Å². The zero-order valence-corrected chi connectivity index (χ0v) is 9.82. The molecule has 0 spiro atoms. The van der Waals surface area contributed by atoms with E-state index in [4.69, 9.17) is 0 Å². The molecule has 5 rings (SSSR count). The van der Waals surface area contributed by atoms with Crippen LogP contribution in [-0.2, 0) is 9.59 Å². The van der Waals surface area contributed by atoms with Crippen LogP contribution >= 0.6 is 0 Å². The number of fused-ring (bicyclic) bond motifs is 11. The van der Waals surface area contributed by atoms with Crippen LogP contribution in [0, 0.1) is 35.5 Å². The summed E-state index contributed by atoms with van der Waals surface area (Å²) in [6, 6.07) is 0. The van der Waals surface area contributed by atoms with Crippen molar-refractivity contribution in [3.63, 3.8) is 0 Å². The minimum Gasteiger partial charge on any atom is -0.299 e. The molecule has 0 aliphatic heterocycles. The number of hydrogen-bond acceptors (Lipinski definition) is 2. The van der Waals surface area contributed by atoms with Crippen molar-refractivity contribution < 1.29 is 9.59 Å². The Morgan fingerprint density at radius 3 is 1.82 bits per heavy atom. The second-order valence-electron chi connectivity index (χ2n) is 6.73. The van der Waals surface area contributed by atoms with Gasteiger partial charge in [0, 0.05) is 11.8 Å². The largest absolute Gasteiger partial charge is 0.299 e. The number of hydrogen-bond donors (Lipinski definition) is 0. The topological polar surface area (TPSA) is 34.1 Å². The van der Waals surface area contributed by atoms with Gasteiger partial charge in [0.25, 0.3) is 0 Å². The minimum absolute atomic E-state index is 0.116. The quantitative estimate of drug-likeness (QED) is 0.361. The van der Waals surface area contributed by atoms with E-state index in [1.807, 2.05) is 0 Å². The Morgan fingerprint density at radius 2 is 1.29 bits per heavy atom. The first-order valence-electron chi connectivity index (χ1n) is 7.05. The highest BCUT2D eigenvalue weighted by molar-refractivity contribution is 6.10. The Kier molecular flexibility index (Phi) is 1.37. The summed E-state index contributed by atoms with van der Waals surface area (Å²) in [5.41, 5.74) is 3.35. The zero-order chi connectivity index (χ0) is 11.3. The summed E-state index contributed by atoms with van der Waals surface area (Å²) in [6.45, 7) is 0. The highest BCUT2D eigenvalue weighted by atomic mass is 16.2. The number of Topliss-reactive ketones (excluding diaryl/α,β-unsaturated/α-hetero) is 2. The molecular weight excluding hydrogens is 212 g/mol. The summed E-state index contributed by atoms with van der Waals surface area (Å²) >= 11 is 0. The smallest absolute Gasteiger partial charge is 0.144 e. The summed E-state index contributed by atoms with van der Waals surface area (Å²) in [5, 5.41) is 0. The Balaban J connectivity index is 1.69. The van der Waals surface area contributed by atoms with E-state index >= 15 is 0 Å². The molecule has 0 aromatic carbocycles. The van der Waals surface area contributed by atoms with Gasteiger partial charge in [0.1, 0.15) is 11.6 Å². The molecular formula is C15H16O2. The Bertz CT molecular complexity index is 459. The Morgan fingerprint density at radius 1 is 0.765 bits per heavy atom. The second kappa shape index (κ2) is 2.57. The van der Waals surface area contributed by atoms with Gasteiger partial charge in [-0.3, -0.25) is 9.59 Å². The predicted molar refractivity (Wildman–Crippen MR) is 61.1 cm³/mol. The maximum Gasteiger partial charge on any atom is 0.144 e. The average molecular weight is 228 g/mol. The molecule has 0 heterocycles. The maximum absolute atomic E-state index is 12.0. The third kappa shape index (κ3) is 0.820. The van der Waals surface area contributed by atoms with Gasteiger partial charge in [0.2, 0.25) is 0 Å². The minimum atomic E-state index is 0.116. The lowest BCUT2D eigenvalue weighted by Crippen LogP contribution is -2.29. The van der Waals surface area contributed by atoms with Crippen molar-refractivity contribution in [1.29, 1.82) is 0 Å². The normalized spacial score (nSPS) is 53.9. The molecule has 4 bridgehead atoms. The van der Waals surface area contributed by atoms with Gasteiger partial charge < -0.3 is 0 Å². The van der Waals surface area contributed by atoms with E-state index in [1.165, 1.54) is 19.3 Å². The van der Waals surface area contributed by atoms with Gasteiger partial charge in [-0.1, -0.05) is 11.1 Å². The number of carbonyl (C=O) groups excluding carboxylic acids is 2. The molecule has 0 radical (unpaired) electrons.